The summed E-state index contributed by atoms with van der Waals surface area (Å²) >= 11 is 0. The van der Waals surface area contributed by atoms with Crippen LogP contribution in [-0.2, 0) is 11.0 Å². The maximum Gasteiger partial charge on any atom is 0.122 e. The summed E-state index contributed by atoms with van der Waals surface area (Å²) in [7, 11) is 0. The number of nitrogens with zero attached hydrogens (tertiary/aromatic N) is 2. The molecule has 4 rings (SSSR count). The van der Waals surface area contributed by atoms with Gasteiger partial charge < -0.3 is 0 Å². The molecule has 0 aromatic heterocycles. The topological polar surface area (TPSA) is 24.7 Å². The van der Waals surface area contributed by atoms with Crippen LogP contribution in [0.1, 0.15) is 31.9 Å². The highest BCUT2D eigenvalue weighted by Crippen LogP contribution is 2.78. The lowest BCUT2D eigenvalue weighted by Gasteiger charge is -2.29. The Kier molecular flexibility index (Phi) is 2.32. The number of hydrogen-bond donors (Lipinski definition) is 0. The van der Waals surface area contributed by atoms with Gasteiger partial charge in [-0.25, -0.2) is 0 Å². The van der Waals surface area contributed by atoms with Crippen molar-refractivity contribution in [2.24, 2.45) is 16.1 Å². The molecule has 0 spiro atoms. The molecular weight excluding hydrogens is 256 g/mol. The van der Waals surface area contributed by atoms with Crippen LogP contribution in [0.15, 0.2) is 70.9 Å². The molecule has 1 saturated carbocycles. The molecule has 106 valence electrons. The molecular formula is C19H20N2. The number of rotatable bonds is 2. The molecule has 2 aromatic carbocycles. The summed E-state index contributed by atoms with van der Waals surface area (Å²) in [6, 6.07) is 21.5. The van der Waals surface area contributed by atoms with Gasteiger partial charge in [0.15, 0.2) is 0 Å². The van der Waals surface area contributed by atoms with E-state index in [4.69, 9.17) is 5.11 Å². The van der Waals surface area contributed by atoms with E-state index in [-0.39, 0.29) is 16.5 Å². The number of azo groups is 1. The zero-order valence-corrected chi connectivity index (χ0v) is 12.7. The molecule has 1 aliphatic heterocycles. The Hall–Kier alpha value is -1.96. The second kappa shape index (κ2) is 3.82. The third kappa shape index (κ3) is 1.25. The van der Waals surface area contributed by atoms with Crippen LogP contribution in [0.3, 0.4) is 0 Å². The molecule has 0 saturated heterocycles. The first kappa shape index (κ1) is 12.8. The molecule has 1 fully saturated rings. The summed E-state index contributed by atoms with van der Waals surface area (Å²) < 4.78 is 0. The Morgan fingerprint density at radius 3 is 1.86 bits per heavy atom. The molecule has 2 aliphatic rings. The third-order valence-electron chi connectivity index (χ3n) is 5.66. The molecule has 0 unspecified atom stereocenters. The largest absolute Gasteiger partial charge is 0.186 e. The Morgan fingerprint density at radius 2 is 1.29 bits per heavy atom. The van der Waals surface area contributed by atoms with Crippen LogP contribution in [-0.4, -0.2) is 5.54 Å². The zero-order valence-electron chi connectivity index (χ0n) is 12.7. The van der Waals surface area contributed by atoms with Crippen molar-refractivity contribution in [3.8, 4) is 0 Å². The highest BCUT2D eigenvalue weighted by atomic mass is 15.3. The van der Waals surface area contributed by atoms with Gasteiger partial charge in [0.05, 0.1) is 11.0 Å². The fourth-order valence-corrected chi connectivity index (χ4v) is 4.84. The molecule has 0 amide bonds. The lowest BCUT2D eigenvalue weighted by atomic mass is 9.74. The Balaban J connectivity index is 1.97. The zero-order chi connectivity index (χ0) is 14.7. The fraction of sp³-hybridized carbons (Fsp3) is 0.368. The molecule has 1 heterocycles. The van der Waals surface area contributed by atoms with E-state index in [2.05, 4.69) is 86.5 Å². The van der Waals surface area contributed by atoms with E-state index in [0.29, 0.717) is 5.92 Å². The van der Waals surface area contributed by atoms with Crippen LogP contribution in [0, 0.1) is 5.92 Å². The smallest absolute Gasteiger partial charge is 0.122 e. The van der Waals surface area contributed by atoms with Gasteiger partial charge >= 0.3 is 0 Å². The summed E-state index contributed by atoms with van der Waals surface area (Å²) in [5, 5.41) is 9.49. The van der Waals surface area contributed by atoms with Crippen LogP contribution < -0.4 is 0 Å². The van der Waals surface area contributed by atoms with Crippen LogP contribution in [0.5, 0.6) is 0 Å². The first-order chi connectivity index (χ1) is 10.1. The maximum absolute atomic E-state index is 4.82. The maximum atomic E-state index is 4.82. The van der Waals surface area contributed by atoms with Crippen LogP contribution in [0.2, 0.25) is 0 Å². The van der Waals surface area contributed by atoms with Gasteiger partial charge in [-0.1, -0.05) is 67.6 Å². The van der Waals surface area contributed by atoms with Gasteiger partial charge in [-0.05, 0) is 25.0 Å². The van der Waals surface area contributed by atoms with Gasteiger partial charge in [-0.2, -0.15) is 10.2 Å². The summed E-state index contributed by atoms with van der Waals surface area (Å²) in [4.78, 5) is 0. The average molecular weight is 276 g/mol. The Bertz CT molecular complexity index is 705. The van der Waals surface area contributed by atoms with Gasteiger partial charge in [0.2, 0.25) is 0 Å². The molecule has 1 aliphatic carbocycles. The van der Waals surface area contributed by atoms with Crippen LogP contribution in [0.25, 0.3) is 0 Å². The molecule has 2 nitrogen and oxygen atoms in total. The summed E-state index contributed by atoms with van der Waals surface area (Å²) in [5.41, 5.74) is 2.25. The van der Waals surface area contributed by atoms with Crippen molar-refractivity contribution in [1.82, 2.24) is 0 Å². The predicted octanol–water partition coefficient (Wildman–Crippen LogP) is 4.71. The molecule has 0 bridgehead atoms. The van der Waals surface area contributed by atoms with E-state index in [9.17, 15) is 0 Å². The number of fused-ring (bicyclic) bond motifs is 1. The molecule has 2 heteroatoms. The van der Waals surface area contributed by atoms with Gasteiger partial charge in [-0.3, -0.25) is 0 Å². The van der Waals surface area contributed by atoms with Crippen LogP contribution >= 0.6 is 0 Å². The monoisotopic (exact) mass is 276 g/mol. The minimum atomic E-state index is -0.195. The van der Waals surface area contributed by atoms with E-state index in [1.807, 2.05) is 0 Å². The second-order valence-corrected chi connectivity index (χ2v) is 6.79. The van der Waals surface area contributed by atoms with Crippen LogP contribution in [0.4, 0.5) is 0 Å². The van der Waals surface area contributed by atoms with Crippen molar-refractivity contribution in [2.75, 3.05) is 0 Å². The van der Waals surface area contributed by atoms with Crippen molar-refractivity contribution >= 4 is 0 Å². The van der Waals surface area contributed by atoms with Crippen molar-refractivity contribution in [3.05, 3.63) is 71.8 Å². The second-order valence-electron chi connectivity index (χ2n) is 6.79. The molecule has 0 radical (unpaired) electrons. The number of hydrogen-bond acceptors (Lipinski definition) is 2. The van der Waals surface area contributed by atoms with Gasteiger partial charge in [-0.15, -0.1) is 0 Å². The van der Waals surface area contributed by atoms with Crippen molar-refractivity contribution < 1.29 is 0 Å². The fourth-order valence-electron chi connectivity index (χ4n) is 4.84. The van der Waals surface area contributed by atoms with Crippen molar-refractivity contribution in [3.63, 3.8) is 0 Å². The Labute approximate surface area is 125 Å². The minimum absolute atomic E-state index is 0.0252. The molecule has 2 aromatic rings. The predicted molar refractivity (Wildman–Crippen MR) is 84.3 cm³/mol. The summed E-state index contributed by atoms with van der Waals surface area (Å²) in [5.74, 6) is 0.460. The quantitative estimate of drug-likeness (QED) is 0.758. The van der Waals surface area contributed by atoms with E-state index in [1.54, 1.807) is 0 Å². The minimum Gasteiger partial charge on any atom is -0.186 e. The Morgan fingerprint density at radius 1 is 0.762 bits per heavy atom. The summed E-state index contributed by atoms with van der Waals surface area (Å²) in [6.07, 6.45) is 0. The van der Waals surface area contributed by atoms with Crippen molar-refractivity contribution in [1.29, 1.82) is 0 Å². The first-order valence-corrected chi connectivity index (χ1v) is 7.62. The molecule has 0 N–H and O–H groups in total. The molecule has 3 atom stereocenters. The van der Waals surface area contributed by atoms with E-state index in [0.717, 1.165) is 0 Å². The van der Waals surface area contributed by atoms with E-state index in [1.165, 1.54) is 11.1 Å². The highest BCUT2D eigenvalue weighted by molar-refractivity contribution is 5.56. The number of benzene rings is 2. The van der Waals surface area contributed by atoms with Gasteiger partial charge in [0.25, 0.3) is 0 Å². The average Bonchev–Trinajstić information content (AvgIpc) is 2.97. The van der Waals surface area contributed by atoms with Gasteiger partial charge in [0, 0.05) is 5.92 Å². The van der Waals surface area contributed by atoms with E-state index >= 15 is 0 Å². The lowest BCUT2D eigenvalue weighted by molar-refractivity contribution is 0.376. The third-order valence-corrected chi connectivity index (χ3v) is 5.66. The van der Waals surface area contributed by atoms with Gasteiger partial charge in [0.1, 0.15) is 5.54 Å². The SMILES string of the molecule is C[C@@H]1[C@]2(c3ccccc3)N=NC(C)(C)[C@@]12c1ccccc1. The van der Waals surface area contributed by atoms with E-state index < -0.39 is 0 Å². The standard InChI is InChI=1S/C19H20N2/c1-14-18(15-10-6-4-7-11-15)17(2,3)20-21-19(14,18)16-12-8-5-9-13-16/h4-14H,1-3H3/t14-,18-,19+/m0/s1. The first-order valence-electron chi connectivity index (χ1n) is 7.62. The highest BCUT2D eigenvalue weighted by Gasteiger charge is 2.85. The lowest BCUT2D eigenvalue weighted by Crippen LogP contribution is -2.36. The normalized spacial score (nSPS) is 35.5. The van der Waals surface area contributed by atoms with Crippen molar-refractivity contribution in [2.45, 2.75) is 37.3 Å². The summed E-state index contributed by atoms with van der Waals surface area (Å²) in [6.45, 7) is 6.76. The molecule has 21 heavy (non-hydrogen) atoms.